The standard InChI is InChI=1S/C22H20N2O6/c1-14(25)11-15-12-20(29-2)13-21(22(15)26)30-19-9-5-17(6-10-19)23-16-3-7-18(8-4-16)24(27)28/h3-10,12-13,23,26H,11H2,1-2H3. The number of hydrogen-bond donors (Lipinski definition) is 2. The number of ether oxygens (including phenoxy) is 2. The molecule has 0 aromatic heterocycles. The lowest BCUT2D eigenvalue weighted by atomic mass is 10.1. The van der Waals surface area contributed by atoms with Crippen molar-refractivity contribution in [1.82, 2.24) is 0 Å². The third kappa shape index (κ3) is 5.05. The largest absolute Gasteiger partial charge is 0.504 e. The van der Waals surface area contributed by atoms with E-state index in [1.54, 1.807) is 48.5 Å². The van der Waals surface area contributed by atoms with E-state index in [1.807, 2.05) is 0 Å². The Morgan fingerprint density at radius 3 is 2.17 bits per heavy atom. The van der Waals surface area contributed by atoms with E-state index < -0.39 is 4.92 Å². The first-order chi connectivity index (χ1) is 14.4. The van der Waals surface area contributed by atoms with Crippen molar-refractivity contribution in [2.75, 3.05) is 12.4 Å². The number of nitro benzene ring substituents is 1. The zero-order valence-electron chi connectivity index (χ0n) is 16.4. The number of nitrogens with zero attached hydrogens (tertiary/aromatic N) is 1. The first kappa shape index (κ1) is 20.7. The summed E-state index contributed by atoms with van der Waals surface area (Å²) in [7, 11) is 1.49. The lowest BCUT2D eigenvalue weighted by molar-refractivity contribution is -0.384. The second-order valence-electron chi connectivity index (χ2n) is 6.57. The van der Waals surface area contributed by atoms with Crippen molar-refractivity contribution in [3.63, 3.8) is 0 Å². The first-order valence-corrected chi connectivity index (χ1v) is 9.04. The molecule has 154 valence electrons. The number of non-ortho nitro benzene ring substituents is 1. The molecule has 0 fully saturated rings. The maximum absolute atomic E-state index is 11.4. The zero-order chi connectivity index (χ0) is 21.7. The van der Waals surface area contributed by atoms with Crippen molar-refractivity contribution in [2.45, 2.75) is 13.3 Å². The average molecular weight is 408 g/mol. The number of carbonyl (C=O) groups is 1. The quantitative estimate of drug-likeness (QED) is 0.399. The van der Waals surface area contributed by atoms with Gasteiger partial charge in [0.15, 0.2) is 11.5 Å². The third-order valence-electron chi connectivity index (χ3n) is 4.25. The van der Waals surface area contributed by atoms with Gasteiger partial charge in [0.05, 0.1) is 12.0 Å². The van der Waals surface area contributed by atoms with Crippen LogP contribution in [0.25, 0.3) is 0 Å². The SMILES string of the molecule is COc1cc(CC(C)=O)c(O)c(Oc2ccc(Nc3ccc([N+](=O)[O-])cc3)cc2)c1. The molecule has 0 radical (unpaired) electrons. The maximum atomic E-state index is 11.4. The third-order valence-corrected chi connectivity index (χ3v) is 4.25. The van der Waals surface area contributed by atoms with Crippen LogP contribution in [0.3, 0.4) is 0 Å². The molecule has 8 nitrogen and oxygen atoms in total. The van der Waals surface area contributed by atoms with Gasteiger partial charge in [-0.1, -0.05) is 0 Å². The molecule has 0 atom stereocenters. The zero-order valence-corrected chi connectivity index (χ0v) is 16.4. The smallest absolute Gasteiger partial charge is 0.269 e. The van der Waals surface area contributed by atoms with Crippen molar-refractivity contribution in [3.8, 4) is 23.0 Å². The predicted octanol–water partition coefficient (Wildman–Crippen LogP) is 4.98. The van der Waals surface area contributed by atoms with Crippen molar-refractivity contribution in [2.24, 2.45) is 0 Å². The fraction of sp³-hybridized carbons (Fsp3) is 0.136. The van der Waals surface area contributed by atoms with E-state index >= 15 is 0 Å². The molecule has 3 rings (SSSR count). The Morgan fingerprint density at radius 1 is 1.03 bits per heavy atom. The fourth-order valence-electron chi connectivity index (χ4n) is 2.80. The molecule has 0 amide bonds. The monoisotopic (exact) mass is 408 g/mol. The van der Waals surface area contributed by atoms with E-state index in [-0.39, 0.29) is 29.4 Å². The van der Waals surface area contributed by atoms with Gasteiger partial charge in [0.2, 0.25) is 0 Å². The minimum Gasteiger partial charge on any atom is -0.504 e. The minimum absolute atomic E-state index is 0.0199. The summed E-state index contributed by atoms with van der Waals surface area (Å²) >= 11 is 0. The van der Waals surface area contributed by atoms with E-state index in [1.165, 1.54) is 26.2 Å². The number of rotatable bonds is 8. The summed E-state index contributed by atoms with van der Waals surface area (Å²) in [5.41, 5.74) is 1.90. The summed E-state index contributed by atoms with van der Waals surface area (Å²) in [6.07, 6.45) is 0.0670. The number of aromatic hydroxyl groups is 1. The molecule has 2 N–H and O–H groups in total. The Kier molecular flexibility index (Phi) is 6.17. The maximum Gasteiger partial charge on any atom is 0.269 e. The highest BCUT2D eigenvalue weighted by Gasteiger charge is 2.14. The number of phenols is 1. The van der Waals surface area contributed by atoms with Gasteiger partial charge in [0, 0.05) is 41.6 Å². The summed E-state index contributed by atoms with van der Waals surface area (Å²) < 4.78 is 11.0. The molecule has 0 bridgehead atoms. The normalized spacial score (nSPS) is 10.3. The Labute approximate surface area is 172 Å². The molecular formula is C22H20N2O6. The lowest BCUT2D eigenvalue weighted by Gasteiger charge is -2.13. The number of ketones is 1. The van der Waals surface area contributed by atoms with Crippen LogP contribution < -0.4 is 14.8 Å². The number of phenolic OH excluding ortho intramolecular Hbond substituents is 1. The van der Waals surface area contributed by atoms with Crippen LogP contribution in [0.1, 0.15) is 12.5 Å². The van der Waals surface area contributed by atoms with Gasteiger partial charge in [-0.05, 0) is 49.4 Å². The van der Waals surface area contributed by atoms with Crippen LogP contribution in [0, 0.1) is 10.1 Å². The van der Waals surface area contributed by atoms with Gasteiger partial charge in [0.1, 0.15) is 17.3 Å². The molecular weight excluding hydrogens is 388 g/mol. The van der Waals surface area contributed by atoms with Gasteiger partial charge in [-0.2, -0.15) is 0 Å². The van der Waals surface area contributed by atoms with Crippen LogP contribution in [0.15, 0.2) is 60.7 Å². The number of hydrogen-bond acceptors (Lipinski definition) is 7. The molecule has 0 unspecified atom stereocenters. The molecule has 0 aliphatic heterocycles. The van der Waals surface area contributed by atoms with Gasteiger partial charge in [0.25, 0.3) is 5.69 Å². The molecule has 30 heavy (non-hydrogen) atoms. The van der Waals surface area contributed by atoms with Crippen LogP contribution in [0.4, 0.5) is 17.1 Å². The number of Topliss-reactive ketones (excluding diaryl/α,β-unsaturated/α-hetero) is 1. The number of carbonyl (C=O) groups excluding carboxylic acids is 1. The fourth-order valence-corrected chi connectivity index (χ4v) is 2.80. The van der Waals surface area contributed by atoms with Gasteiger partial charge >= 0.3 is 0 Å². The topological polar surface area (TPSA) is 111 Å². The van der Waals surface area contributed by atoms with Gasteiger partial charge < -0.3 is 19.9 Å². The van der Waals surface area contributed by atoms with E-state index in [0.29, 0.717) is 22.7 Å². The molecule has 0 aliphatic rings. The number of nitrogens with one attached hydrogen (secondary N) is 1. The second kappa shape index (κ2) is 8.95. The molecule has 0 saturated heterocycles. The summed E-state index contributed by atoms with van der Waals surface area (Å²) in [5.74, 6) is 0.920. The summed E-state index contributed by atoms with van der Waals surface area (Å²) in [4.78, 5) is 21.7. The van der Waals surface area contributed by atoms with Gasteiger partial charge in [-0.15, -0.1) is 0 Å². The molecule has 3 aromatic carbocycles. The molecule has 3 aromatic rings. The Balaban J connectivity index is 1.75. The van der Waals surface area contributed by atoms with E-state index in [2.05, 4.69) is 5.32 Å². The summed E-state index contributed by atoms with van der Waals surface area (Å²) in [5, 5.41) is 24.3. The Hall–Kier alpha value is -4.07. The molecule has 0 heterocycles. The average Bonchev–Trinajstić information content (AvgIpc) is 2.72. The van der Waals surface area contributed by atoms with Crippen LogP contribution >= 0.6 is 0 Å². The van der Waals surface area contributed by atoms with E-state index in [0.717, 1.165) is 5.69 Å². The first-order valence-electron chi connectivity index (χ1n) is 9.04. The highest BCUT2D eigenvalue weighted by atomic mass is 16.6. The predicted molar refractivity (Wildman–Crippen MR) is 112 cm³/mol. The Morgan fingerprint density at radius 2 is 1.63 bits per heavy atom. The number of benzene rings is 3. The summed E-state index contributed by atoms with van der Waals surface area (Å²) in [6, 6.07) is 16.2. The molecule has 0 saturated carbocycles. The minimum atomic E-state index is -0.453. The Bertz CT molecular complexity index is 1060. The second-order valence-corrected chi connectivity index (χ2v) is 6.57. The highest BCUT2D eigenvalue weighted by Crippen LogP contribution is 2.38. The van der Waals surface area contributed by atoms with Crippen LogP contribution in [-0.4, -0.2) is 22.9 Å². The number of anilines is 2. The molecule has 0 spiro atoms. The van der Waals surface area contributed by atoms with Crippen molar-refractivity contribution < 1.29 is 24.3 Å². The van der Waals surface area contributed by atoms with Crippen LogP contribution in [0.2, 0.25) is 0 Å². The van der Waals surface area contributed by atoms with Crippen molar-refractivity contribution in [3.05, 3.63) is 76.3 Å². The van der Waals surface area contributed by atoms with E-state index in [9.17, 15) is 20.0 Å². The lowest BCUT2D eigenvalue weighted by Crippen LogP contribution is -1.99. The van der Waals surface area contributed by atoms with Crippen molar-refractivity contribution >= 4 is 22.8 Å². The molecule has 8 heteroatoms. The highest BCUT2D eigenvalue weighted by molar-refractivity contribution is 5.79. The van der Waals surface area contributed by atoms with Crippen LogP contribution in [0.5, 0.6) is 23.0 Å². The van der Waals surface area contributed by atoms with Gasteiger partial charge in [-0.3, -0.25) is 14.9 Å². The van der Waals surface area contributed by atoms with Gasteiger partial charge in [-0.25, -0.2) is 0 Å². The molecule has 0 aliphatic carbocycles. The van der Waals surface area contributed by atoms with E-state index in [4.69, 9.17) is 9.47 Å². The van der Waals surface area contributed by atoms with Crippen LogP contribution in [-0.2, 0) is 11.2 Å². The summed E-state index contributed by atoms with van der Waals surface area (Å²) in [6.45, 7) is 1.44. The number of methoxy groups -OCH3 is 1. The van der Waals surface area contributed by atoms with Crippen molar-refractivity contribution in [1.29, 1.82) is 0 Å². The number of nitro groups is 1.